The smallest absolute Gasteiger partial charge is 0.418 e. The number of rotatable bonds is 7. The number of nitrogens with one attached hydrogen (secondary N) is 2. The van der Waals surface area contributed by atoms with Crippen LogP contribution in [0, 0.1) is 0 Å². The largest absolute Gasteiger partial charge is 0.456 e. The lowest BCUT2D eigenvalue weighted by molar-refractivity contribution is -0.148. The Bertz CT molecular complexity index is 1140. The van der Waals surface area contributed by atoms with E-state index in [0.717, 1.165) is 22.9 Å². The molecule has 0 bridgehead atoms. The number of benzene rings is 3. The van der Waals surface area contributed by atoms with Crippen LogP contribution in [0.5, 0.6) is 0 Å². The average molecular weight is 444 g/mol. The number of esters is 1. The minimum atomic E-state index is -4.64. The molecule has 0 aliphatic rings. The van der Waals surface area contributed by atoms with E-state index in [2.05, 4.69) is 10.6 Å². The van der Waals surface area contributed by atoms with Crippen LogP contribution in [0.2, 0.25) is 0 Å². The average Bonchev–Trinajstić information content (AvgIpc) is 2.76. The Hall–Kier alpha value is -3.88. The van der Waals surface area contributed by atoms with Crippen molar-refractivity contribution in [2.75, 3.05) is 17.2 Å². The van der Waals surface area contributed by atoms with Crippen LogP contribution >= 0.6 is 0 Å². The molecule has 0 aliphatic carbocycles. The topological polar surface area (TPSA) is 84.5 Å². The van der Waals surface area contributed by atoms with E-state index in [1.165, 1.54) is 12.1 Å². The number of ether oxygens (including phenoxy) is 1. The standard InChI is InChI=1S/C23H19F3N2O4/c24-23(25,26)17-9-3-4-10-19(17)28-21(30)14-32-22(31)13-12-20(29)27-18-11-5-7-15-6-1-2-8-16(15)18/h1-11H,12-14H2,(H,27,29)(H,28,30). The zero-order chi connectivity index (χ0) is 23.1. The van der Waals surface area contributed by atoms with Crippen LogP contribution in [0.3, 0.4) is 0 Å². The van der Waals surface area contributed by atoms with E-state index in [1.807, 2.05) is 30.3 Å². The summed E-state index contributed by atoms with van der Waals surface area (Å²) in [7, 11) is 0. The fraction of sp³-hybridized carbons (Fsp3) is 0.174. The molecule has 0 atom stereocenters. The Balaban J connectivity index is 1.46. The van der Waals surface area contributed by atoms with Crippen molar-refractivity contribution in [2.45, 2.75) is 19.0 Å². The molecule has 166 valence electrons. The van der Waals surface area contributed by atoms with E-state index in [0.29, 0.717) is 5.69 Å². The molecule has 9 heteroatoms. The number of amides is 2. The molecule has 0 unspecified atom stereocenters. The van der Waals surface area contributed by atoms with Gasteiger partial charge in [0.15, 0.2) is 6.61 Å². The molecule has 0 aliphatic heterocycles. The molecule has 3 aromatic carbocycles. The van der Waals surface area contributed by atoms with Crippen molar-refractivity contribution in [3.05, 3.63) is 72.3 Å². The van der Waals surface area contributed by atoms with Crippen LogP contribution in [0.1, 0.15) is 18.4 Å². The van der Waals surface area contributed by atoms with Crippen LogP contribution in [0.25, 0.3) is 10.8 Å². The summed E-state index contributed by atoms with van der Waals surface area (Å²) in [4.78, 5) is 35.9. The summed E-state index contributed by atoms with van der Waals surface area (Å²) in [5.41, 5.74) is -0.843. The highest BCUT2D eigenvalue weighted by atomic mass is 19.4. The van der Waals surface area contributed by atoms with Gasteiger partial charge in [-0.1, -0.05) is 48.5 Å². The maximum Gasteiger partial charge on any atom is 0.418 e. The molecule has 0 heterocycles. The summed E-state index contributed by atoms with van der Waals surface area (Å²) < 4.78 is 43.6. The number of halogens is 3. The van der Waals surface area contributed by atoms with E-state index in [1.54, 1.807) is 12.1 Å². The first-order chi connectivity index (χ1) is 15.2. The number of hydrogen-bond donors (Lipinski definition) is 2. The Morgan fingerprint density at radius 2 is 1.38 bits per heavy atom. The number of hydrogen-bond acceptors (Lipinski definition) is 4. The molecule has 32 heavy (non-hydrogen) atoms. The van der Waals surface area contributed by atoms with E-state index in [-0.39, 0.29) is 12.8 Å². The Kier molecular flexibility index (Phi) is 7.09. The maximum atomic E-state index is 13.0. The van der Waals surface area contributed by atoms with Gasteiger partial charge in [-0.3, -0.25) is 14.4 Å². The summed E-state index contributed by atoms with van der Waals surface area (Å²) in [5.74, 6) is -2.16. The van der Waals surface area contributed by atoms with Crippen LogP contribution in [-0.2, 0) is 25.3 Å². The molecule has 3 aromatic rings. The van der Waals surface area contributed by atoms with Gasteiger partial charge >= 0.3 is 12.1 Å². The van der Waals surface area contributed by atoms with Crippen LogP contribution in [-0.4, -0.2) is 24.4 Å². The SMILES string of the molecule is O=C(COC(=O)CCC(=O)Nc1cccc2ccccc12)Nc1ccccc1C(F)(F)F. The van der Waals surface area contributed by atoms with Gasteiger partial charge in [-0.15, -0.1) is 0 Å². The second-order valence-corrected chi connectivity index (χ2v) is 6.83. The quantitative estimate of drug-likeness (QED) is 0.515. The monoisotopic (exact) mass is 444 g/mol. The van der Waals surface area contributed by atoms with Gasteiger partial charge in [-0.2, -0.15) is 13.2 Å². The van der Waals surface area contributed by atoms with Crippen molar-refractivity contribution < 1.29 is 32.3 Å². The fourth-order valence-corrected chi connectivity index (χ4v) is 3.01. The number of para-hydroxylation sites is 1. The van der Waals surface area contributed by atoms with E-state index in [9.17, 15) is 27.6 Å². The van der Waals surface area contributed by atoms with Gasteiger partial charge in [-0.05, 0) is 23.6 Å². The molecule has 2 amide bonds. The van der Waals surface area contributed by atoms with Gasteiger partial charge in [0.05, 0.1) is 17.7 Å². The molecular formula is C23H19F3N2O4. The molecule has 2 N–H and O–H groups in total. The van der Waals surface area contributed by atoms with Gasteiger partial charge in [0.2, 0.25) is 5.91 Å². The number of carbonyl (C=O) groups is 3. The minimum Gasteiger partial charge on any atom is -0.456 e. The summed E-state index contributed by atoms with van der Waals surface area (Å²) in [6.07, 6.45) is -5.11. The normalized spacial score (nSPS) is 11.1. The van der Waals surface area contributed by atoms with Crippen molar-refractivity contribution in [1.29, 1.82) is 0 Å². The summed E-state index contributed by atoms with van der Waals surface area (Å²) in [6.45, 7) is -0.768. The molecular weight excluding hydrogens is 425 g/mol. The van der Waals surface area contributed by atoms with Crippen molar-refractivity contribution in [1.82, 2.24) is 0 Å². The summed E-state index contributed by atoms with van der Waals surface area (Å²) in [6, 6.07) is 17.4. The lowest BCUT2D eigenvalue weighted by Gasteiger charge is -2.13. The zero-order valence-electron chi connectivity index (χ0n) is 16.7. The number of fused-ring (bicyclic) bond motifs is 1. The number of alkyl halides is 3. The first-order valence-electron chi connectivity index (χ1n) is 9.63. The first kappa shape index (κ1) is 22.8. The predicted molar refractivity (Wildman–Crippen MR) is 113 cm³/mol. The molecule has 0 fully saturated rings. The third-order valence-corrected chi connectivity index (χ3v) is 4.49. The Labute approximate surface area is 181 Å². The van der Waals surface area contributed by atoms with Gasteiger partial charge < -0.3 is 15.4 Å². The van der Waals surface area contributed by atoms with Crippen molar-refractivity contribution in [2.24, 2.45) is 0 Å². The molecule has 0 aromatic heterocycles. The highest BCUT2D eigenvalue weighted by Gasteiger charge is 2.33. The van der Waals surface area contributed by atoms with Gasteiger partial charge in [0.25, 0.3) is 5.91 Å². The molecule has 6 nitrogen and oxygen atoms in total. The summed E-state index contributed by atoms with van der Waals surface area (Å²) >= 11 is 0. The van der Waals surface area contributed by atoms with Crippen molar-refractivity contribution >= 4 is 39.9 Å². The van der Waals surface area contributed by atoms with E-state index >= 15 is 0 Å². The molecule has 3 rings (SSSR count). The molecule has 0 saturated carbocycles. The number of carbonyl (C=O) groups excluding carboxylic acids is 3. The van der Waals surface area contributed by atoms with E-state index in [4.69, 9.17) is 4.74 Å². The van der Waals surface area contributed by atoms with Gasteiger partial charge in [0, 0.05) is 17.5 Å². The third-order valence-electron chi connectivity index (χ3n) is 4.49. The molecule has 0 spiro atoms. The maximum absolute atomic E-state index is 13.0. The molecule has 0 radical (unpaired) electrons. The fourth-order valence-electron chi connectivity index (χ4n) is 3.01. The second kappa shape index (κ2) is 9.95. The summed E-state index contributed by atoms with van der Waals surface area (Å²) in [5, 5.41) is 6.59. The lowest BCUT2D eigenvalue weighted by Crippen LogP contribution is -2.23. The van der Waals surface area contributed by atoms with Gasteiger partial charge in [-0.25, -0.2) is 0 Å². The highest BCUT2D eigenvalue weighted by molar-refractivity contribution is 6.02. The van der Waals surface area contributed by atoms with Crippen molar-refractivity contribution in [3.8, 4) is 0 Å². The van der Waals surface area contributed by atoms with Gasteiger partial charge in [0.1, 0.15) is 0 Å². The van der Waals surface area contributed by atoms with E-state index < -0.39 is 41.8 Å². The second-order valence-electron chi connectivity index (χ2n) is 6.83. The molecule has 0 saturated heterocycles. The third kappa shape index (κ3) is 6.07. The van der Waals surface area contributed by atoms with Crippen LogP contribution in [0.4, 0.5) is 24.5 Å². The lowest BCUT2D eigenvalue weighted by atomic mass is 10.1. The van der Waals surface area contributed by atoms with Crippen LogP contribution < -0.4 is 10.6 Å². The predicted octanol–water partition coefficient (Wildman–Crippen LogP) is 4.76. The Morgan fingerprint density at radius 1 is 0.750 bits per heavy atom. The highest BCUT2D eigenvalue weighted by Crippen LogP contribution is 2.34. The minimum absolute atomic E-state index is 0.180. The Morgan fingerprint density at radius 3 is 2.16 bits per heavy atom. The zero-order valence-corrected chi connectivity index (χ0v) is 16.7. The number of anilines is 2. The van der Waals surface area contributed by atoms with Crippen LogP contribution in [0.15, 0.2) is 66.7 Å². The van der Waals surface area contributed by atoms with Crippen molar-refractivity contribution in [3.63, 3.8) is 0 Å². The first-order valence-corrected chi connectivity index (χ1v) is 9.63.